The Morgan fingerprint density at radius 2 is 0.469 bits per heavy atom. The lowest BCUT2D eigenvalue weighted by Crippen LogP contribution is -2.16. The van der Waals surface area contributed by atoms with Crippen molar-refractivity contribution >= 4 is 21.8 Å². The lowest BCUT2D eigenvalue weighted by molar-refractivity contribution is 0.655. The van der Waals surface area contributed by atoms with Crippen LogP contribution < -0.4 is 0 Å². The van der Waals surface area contributed by atoms with Gasteiger partial charge in [-0.1, -0.05) is 451 Å². The molecule has 0 saturated carbocycles. The second-order valence-electron chi connectivity index (χ2n) is 39.6. The highest BCUT2D eigenvalue weighted by molar-refractivity contribution is 6.09. The van der Waals surface area contributed by atoms with Gasteiger partial charge in [0.1, 0.15) is 0 Å². The number of hydrogen-bond donors (Lipinski definition) is 0. The van der Waals surface area contributed by atoms with E-state index in [1.54, 1.807) is 0 Å². The highest BCUT2D eigenvalue weighted by Gasteiger charge is 2.41. The predicted octanol–water partition coefficient (Wildman–Crippen LogP) is 34.2. The minimum Gasteiger partial charge on any atom is -0.309 e. The summed E-state index contributed by atoms with van der Waals surface area (Å²) in [5.41, 5.74) is 53.4. The summed E-state index contributed by atoms with van der Waals surface area (Å²) < 4.78 is 2.34. The van der Waals surface area contributed by atoms with Crippen LogP contribution in [0.4, 0.5) is 0 Å². The van der Waals surface area contributed by atoms with Gasteiger partial charge in [0.2, 0.25) is 0 Å². The highest BCUT2D eigenvalue weighted by Crippen LogP contribution is 2.56. The molecule has 1 heterocycles. The maximum absolute atomic E-state index is 2.38. The second-order valence-corrected chi connectivity index (χ2v) is 39.6. The van der Waals surface area contributed by atoms with Gasteiger partial charge in [-0.3, -0.25) is 0 Å². The first kappa shape index (κ1) is 85.3. The first-order chi connectivity index (χ1) is 61.4. The first-order valence-electron chi connectivity index (χ1n) is 45.9. The lowest BCUT2D eigenvalue weighted by atomic mass is 9.80. The minimum atomic E-state index is 0.0709. The van der Waals surface area contributed by atoms with Crippen LogP contribution in [0.1, 0.15) is 189 Å². The molecule has 0 unspecified atom stereocenters. The first-order valence-corrected chi connectivity index (χ1v) is 45.9. The van der Waals surface area contributed by atoms with E-state index >= 15 is 0 Å². The molecule has 6 aliphatic carbocycles. The van der Waals surface area contributed by atoms with Crippen LogP contribution in [0.2, 0.25) is 0 Å². The summed E-state index contributed by atoms with van der Waals surface area (Å²) in [6.45, 7) is 43.1. The minimum absolute atomic E-state index is 0.0709. The average Bonchev–Trinajstić information content (AvgIpc) is 1.60. The van der Waals surface area contributed by atoms with Gasteiger partial charge in [0.05, 0.1) is 11.0 Å². The molecule has 0 radical (unpaired) electrons. The zero-order valence-corrected chi connectivity index (χ0v) is 78.2. The maximum atomic E-state index is 2.38. The van der Waals surface area contributed by atoms with Crippen LogP contribution in [0.15, 0.2) is 376 Å². The molecule has 128 heavy (non-hydrogen) atoms. The van der Waals surface area contributed by atoms with Crippen molar-refractivity contribution in [2.24, 2.45) is 0 Å². The van der Waals surface area contributed by atoms with Crippen LogP contribution in [0, 0.1) is 48.5 Å². The number of rotatable bonds is 3. The zero-order valence-electron chi connectivity index (χ0n) is 78.2. The SMILES string of the molecule is Cc1ccc(-c2ccc3c(c2)C(C)(C)c2ccccc2-3)cc1.Cc1ccc(-n2c3ccccc3c3ccccc32)cc1.Cc1ccc2c(c1)-c1ccccc1C2(C)C.Cc1ccc2c(c1)C(C)(C)c1cc(-c3ccccc3)ccc1-2.Cc1ccc2c(c1)C(C)(C)c1ccccc1-2.Cc1cccc2c1-c1ccccc1C2(C)C.Cc1cccc2c1C(C)(C)c1ccccc1-2. The van der Waals surface area contributed by atoms with Crippen molar-refractivity contribution in [3.8, 4) is 94.7 Å². The van der Waals surface area contributed by atoms with Crippen molar-refractivity contribution in [1.29, 1.82) is 0 Å². The number of aryl methyl sites for hydroxylation is 7. The molecule has 17 aromatic carbocycles. The predicted molar refractivity (Wildman–Crippen MR) is 549 cm³/mol. The molecule has 1 nitrogen and oxygen atoms in total. The zero-order chi connectivity index (χ0) is 89.5. The molecule has 0 atom stereocenters. The number of nitrogens with zero attached hydrogens (tertiary/aromatic N) is 1. The summed E-state index contributed by atoms with van der Waals surface area (Å²) in [4.78, 5) is 0. The molecule has 1 heteroatoms. The second kappa shape index (κ2) is 33.4. The van der Waals surface area contributed by atoms with Crippen LogP contribution in [-0.4, -0.2) is 4.57 Å². The monoisotopic (exact) mass is 1660 g/mol. The quantitative estimate of drug-likeness (QED) is 0.166. The Morgan fingerprint density at radius 1 is 0.172 bits per heavy atom. The van der Waals surface area contributed by atoms with E-state index in [4.69, 9.17) is 0 Å². The molecule has 0 saturated heterocycles. The topological polar surface area (TPSA) is 4.93 Å². The molecule has 0 aliphatic heterocycles. The summed E-state index contributed by atoms with van der Waals surface area (Å²) in [5.74, 6) is 0. The van der Waals surface area contributed by atoms with Crippen LogP contribution in [-0.2, 0) is 32.5 Å². The number of benzene rings is 17. The molecule has 0 bridgehead atoms. The van der Waals surface area contributed by atoms with Gasteiger partial charge in [-0.2, -0.15) is 0 Å². The third-order valence-electron chi connectivity index (χ3n) is 28.9. The van der Waals surface area contributed by atoms with Gasteiger partial charge in [0.15, 0.2) is 0 Å². The Labute approximate surface area is 761 Å². The third-order valence-corrected chi connectivity index (χ3v) is 28.9. The molecule has 6 aliphatic rings. The smallest absolute Gasteiger partial charge is 0.0541 e. The third kappa shape index (κ3) is 15.1. The van der Waals surface area contributed by atoms with Gasteiger partial charge in [-0.25, -0.2) is 0 Å². The lowest BCUT2D eigenvalue weighted by Gasteiger charge is -2.23. The van der Waals surface area contributed by atoms with E-state index in [0.717, 1.165) is 0 Å². The summed E-state index contributed by atoms with van der Waals surface area (Å²) in [7, 11) is 0. The molecule has 0 fully saturated rings. The molecule has 0 N–H and O–H groups in total. The van der Waals surface area contributed by atoms with Crippen molar-refractivity contribution < 1.29 is 0 Å². The number of aromatic nitrogens is 1. The van der Waals surface area contributed by atoms with Gasteiger partial charge < -0.3 is 4.57 Å². The molecule has 0 spiro atoms. The van der Waals surface area contributed by atoms with Crippen LogP contribution in [0.5, 0.6) is 0 Å². The Hall–Kier alpha value is -13.5. The fourth-order valence-corrected chi connectivity index (χ4v) is 21.9. The van der Waals surface area contributed by atoms with E-state index in [1.165, 1.54) is 222 Å². The average molecular weight is 1660 g/mol. The normalized spacial score (nSPS) is 14.6. The van der Waals surface area contributed by atoms with Gasteiger partial charge >= 0.3 is 0 Å². The largest absolute Gasteiger partial charge is 0.309 e. The number of para-hydroxylation sites is 2. The van der Waals surface area contributed by atoms with Crippen LogP contribution in [0.25, 0.3) is 117 Å². The van der Waals surface area contributed by atoms with E-state index in [2.05, 4.69) is 512 Å². The summed E-state index contributed by atoms with van der Waals surface area (Å²) in [6, 6.07) is 137. The molecule has 24 rings (SSSR count). The van der Waals surface area contributed by atoms with E-state index in [1.807, 2.05) is 0 Å². The molecular formula is C127H119N. The molecule has 0 amide bonds. The maximum Gasteiger partial charge on any atom is 0.0541 e. The Kier molecular flexibility index (Phi) is 22.3. The standard InChI is InChI=1S/2C22H20.C19H15N.4C16H16/c1-15-8-10-16(11-9-15)17-12-13-19-18-6-4-5-7-20(18)22(2,3)21(19)14-17;1-15-9-11-18-19-12-10-17(16-7-5-4-6-8-16)14-21(19)22(2,3)20(18)13-15;1-14-10-12-15(13-11-14)20-18-8-4-2-6-16(18)17-7-3-5-9-19(17)20;1-11-7-6-9-13-12-8-4-5-10-14(12)16(2,3)15(11)13;1-11-7-6-10-14-15(11)12-8-4-5-9-13(12)16(14,2)3;1-11-8-9-15-13(10-11)12-6-4-5-7-14(12)16(15,2)3;1-11-8-9-13-12-6-4-5-7-14(12)16(2,3)15(13)10-11/h2*4-14H,1-3H3;2-13H,1H3;4*4-10H,1-3H3. The fraction of sp³-hybridized carbons (Fsp3) is 0.197. The summed E-state index contributed by atoms with van der Waals surface area (Å²) in [5, 5.41) is 2.62. The van der Waals surface area contributed by atoms with Crippen molar-refractivity contribution in [1.82, 2.24) is 4.57 Å². The van der Waals surface area contributed by atoms with Crippen LogP contribution in [0.3, 0.4) is 0 Å². The number of fused-ring (bicyclic) bond motifs is 21. The molecular weight excluding hydrogens is 1540 g/mol. The van der Waals surface area contributed by atoms with Gasteiger partial charge in [-0.15, -0.1) is 0 Å². The Balaban J connectivity index is 0.000000101. The fourth-order valence-electron chi connectivity index (χ4n) is 21.9. The van der Waals surface area contributed by atoms with Crippen molar-refractivity contribution in [3.05, 3.63) is 482 Å². The molecule has 1 aromatic heterocycles. The van der Waals surface area contributed by atoms with E-state index in [0.29, 0.717) is 0 Å². The van der Waals surface area contributed by atoms with Crippen molar-refractivity contribution in [2.75, 3.05) is 0 Å². The van der Waals surface area contributed by atoms with Gasteiger partial charge in [0, 0.05) is 48.9 Å². The van der Waals surface area contributed by atoms with E-state index < -0.39 is 0 Å². The van der Waals surface area contributed by atoms with Crippen LogP contribution >= 0.6 is 0 Å². The van der Waals surface area contributed by atoms with Crippen molar-refractivity contribution in [2.45, 2.75) is 164 Å². The number of hydrogen-bond acceptors (Lipinski definition) is 0. The molecule has 632 valence electrons. The van der Waals surface area contributed by atoms with Gasteiger partial charge in [0.25, 0.3) is 0 Å². The Morgan fingerprint density at radius 3 is 0.969 bits per heavy atom. The highest BCUT2D eigenvalue weighted by atomic mass is 15.0. The summed E-state index contributed by atoms with van der Waals surface area (Å²) >= 11 is 0. The van der Waals surface area contributed by atoms with E-state index in [9.17, 15) is 0 Å². The molecule has 18 aromatic rings. The Bertz CT molecular complexity index is 7210. The van der Waals surface area contributed by atoms with E-state index in [-0.39, 0.29) is 32.5 Å². The van der Waals surface area contributed by atoms with Crippen molar-refractivity contribution in [3.63, 3.8) is 0 Å². The summed E-state index contributed by atoms with van der Waals surface area (Å²) in [6.07, 6.45) is 0. The van der Waals surface area contributed by atoms with Gasteiger partial charge in [-0.05, 0) is 252 Å².